The summed E-state index contributed by atoms with van der Waals surface area (Å²) in [6, 6.07) is 9.72. The van der Waals surface area contributed by atoms with Crippen LogP contribution in [-0.4, -0.2) is 43.2 Å². The van der Waals surface area contributed by atoms with Crippen LogP contribution >= 0.6 is 22.9 Å². The molecule has 0 aliphatic heterocycles. The third kappa shape index (κ3) is 4.65. The fourth-order valence-electron chi connectivity index (χ4n) is 2.37. The van der Waals surface area contributed by atoms with Gasteiger partial charge in [0.2, 0.25) is 10.0 Å². The van der Waals surface area contributed by atoms with Crippen LogP contribution in [0.1, 0.15) is 36.0 Å². The van der Waals surface area contributed by atoms with Gasteiger partial charge >= 0.3 is 0 Å². The predicted octanol–water partition coefficient (Wildman–Crippen LogP) is 4.09. The number of benzene rings is 1. The third-order valence-corrected chi connectivity index (χ3v) is 7.38. The lowest BCUT2D eigenvalue weighted by Gasteiger charge is -2.22. The highest BCUT2D eigenvalue weighted by Crippen LogP contribution is 2.24. The Bertz CT molecular complexity index is 878. The fourth-order valence-corrected chi connectivity index (χ4v) is 4.89. The summed E-state index contributed by atoms with van der Waals surface area (Å²) in [6.07, 6.45) is 0. The van der Waals surface area contributed by atoms with Gasteiger partial charge in [0, 0.05) is 30.1 Å². The second kappa shape index (κ2) is 8.52. The highest BCUT2D eigenvalue weighted by Gasteiger charge is 2.24. The zero-order valence-electron chi connectivity index (χ0n) is 15.3. The highest BCUT2D eigenvalue weighted by molar-refractivity contribution is 7.89. The highest BCUT2D eigenvalue weighted by atomic mass is 35.5. The van der Waals surface area contributed by atoms with E-state index in [1.54, 1.807) is 36.9 Å². The molecule has 2 rings (SSSR count). The molecule has 8 heteroatoms. The summed E-state index contributed by atoms with van der Waals surface area (Å²) < 4.78 is 27.3. The molecule has 0 aliphatic rings. The van der Waals surface area contributed by atoms with Gasteiger partial charge in [-0.2, -0.15) is 4.31 Å². The van der Waals surface area contributed by atoms with E-state index in [-0.39, 0.29) is 16.8 Å². The summed E-state index contributed by atoms with van der Waals surface area (Å²) in [7, 11) is -2.10. The Kier molecular flexibility index (Phi) is 6.85. The van der Waals surface area contributed by atoms with Crippen molar-refractivity contribution in [3.63, 3.8) is 0 Å². The van der Waals surface area contributed by atoms with Crippen molar-refractivity contribution in [2.24, 2.45) is 0 Å². The Morgan fingerprint density at radius 3 is 2.46 bits per heavy atom. The number of carbonyl (C=O) groups excluding carboxylic acids is 1. The maximum atomic E-state index is 12.9. The van der Waals surface area contributed by atoms with E-state index in [1.807, 2.05) is 13.0 Å². The first kappa shape index (κ1) is 20.9. The number of rotatable bonds is 7. The minimum atomic E-state index is -3.64. The minimum Gasteiger partial charge on any atom is -0.334 e. The van der Waals surface area contributed by atoms with Crippen LogP contribution in [0, 0.1) is 0 Å². The van der Waals surface area contributed by atoms with Crippen LogP contribution in [0.3, 0.4) is 0 Å². The van der Waals surface area contributed by atoms with Crippen molar-refractivity contribution in [2.45, 2.75) is 38.3 Å². The molecule has 0 radical (unpaired) electrons. The molecule has 0 aliphatic carbocycles. The second-order valence-corrected chi connectivity index (χ2v) is 9.97. The first-order valence-electron chi connectivity index (χ1n) is 8.28. The Morgan fingerprint density at radius 1 is 1.23 bits per heavy atom. The largest absolute Gasteiger partial charge is 0.334 e. The van der Waals surface area contributed by atoms with Crippen LogP contribution in [0.25, 0.3) is 0 Å². The lowest BCUT2D eigenvalue weighted by atomic mass is 10.2. The second-order valence-electron chi connectivity index (χ2n) is 6.17. The van der Waals surface area contributed by atoms with E-state index in [1.165, 1.54) is 34.8 Å². The molecule has 0 fully saturated rings. The van der Waals surface area contributed by atoms with Crippen molar-refractivity contribution in [1.29, 1.82) is 0 Å². The molecule has 0 spiro atoms. The molecule has 0 saturated heterocycles. The molecule has 5 nitrogen and oxygen atoms in total. The molecule has 0 saturated carbocycles. The number of sulfonamides is 1. The van der Waals surface area contributed by atoms with Crippen LogP contribution < -0.4 is 0 Å². The van der Waals surface area contributed by atoms with Gasteiger partial charge in [0.05, 0.1) is 15.8 Å². The number of hydrogen-bond donors (Lipinski definition) is 0. The van der Waals surface area contributed by atoms with E-state index < -0.39 is 10.0 Å². The van der Waals surface area contributed by atoms with E-state index >= 15 is 0 Å². The van der Waals surface area contributed by atoms with Crippen LogP contribution in [0.15, 0.2) is 41.3 Å². The van der Waals surface area contributed by atoms with Crippen molar-refractivity contribution in [1.82, 2.24) is 9.21 Å². The van der Waals surface area contributed by atoms with Crippen molar-refractivity contribution < 1.29 is 13.2 Å². The van der Waals surface area contributed by atoms with Gasteiger partial charge in [0.1, 0.15) is 0 Å². The van der Waals surface area contributed by atoms with Gasteiger partial charge in [0.15, 0.2) is 0 Å². The predicted molar refractivity (Wildman–Crippen MR) is 106 cm³/mol. The SMILES string of the molecule is CCN(Cc1ccc(Cl)s1)C(=O)c1cccc(S(=O)(=O)N(C)C(C)C)c1. The van der Waals surface area contributed by atoms with Crippen molar-refractivity contribution in [3.8, 4) is 0 Å². The lowest BCUT2D eigenvalue weighted by molar-refractivity contribution is 0.0754. The molecular weight excluding hydrogens is 392 g/mol. The van der Waals surface area contributed by atoms with E-state index in [0.717, 1.165) is 4.88 Å². The number of carbonyl (C=O) groups is 1. The van der Waals surface area contributed by atoms with Crippen LogP contribution in [-0.2, 0) is 16.6 Å². The first-order chi connectivity index (χ1) is 12.2. The first-order valence-corrected chi connectivity index (χ1v) is 10.9. The third-order valence-electron chi connectivity index (χ3n) is 4.13. The van der Waals surface area contributed by atoms with E-state index in [0.29, 0.717) is 23.0 Å². The molecule has 0 atom stereocenters. The maximum absolute atomic E-state index is 12.9. The monoisotopic (exact) mass is 414 g/mol. The van der Waals surface area contributed by atoms with Crippen molar-refractivity contribution in [2.75, 3.05) is 13.6 Å². The summed E-state index contributed by atoms with van der Waals surface area (Å²) >= 11 is 7.38. The van der Waals surface area contributed by atoms with Gasteiger partial charge in [-0.05, 0) is 51.1 Å². The quantitative estimate of drug-likeness (QED) is 0.685. The van der Waals surface area contributed by atoms with Crippen LogP contribution in [0.4, 0.5) is 0 Å². The summed E-state index contributed by atoms with van der Waals surface area (Å²) in [5.41, 5.74) is 0.354. The zero-order chi connectivity index (χ0) is 19.5. The molecule has 1 heterocycles. The summed E-state index contributed by atoms with van der Waals surface area (Å²) in [4.78, 5) is 15.6. The van der Waals surface area contributed by atoms with Crippen molar-refractivity contribution in [3.05, 3.63) is 51.2 Å². The lowest BCUT2D eigenvalue weighted by Crippen LogP contribution is -2.33. The van der Waals surface area contributed by atoms with Gasteiger partial charge in [-0.25, -0.2) is 8.42 Å². The molecule has 1 aromatic carbocycles. The zero-order valence-corrected chi connectivity index (χ0v) is 17.7. The number of nitrogens with zero attached hydrogens (tertiary/aromatic N) is 2. The normalized spacial score (nSPS) is 12.0. The molecule has 0 bridgehead atoms. The number of amides is 1. The topological polar surface area (TPSA) is 57.7 Å². The Labute approximate surface area is 164 Å². The van der Waals surface area contributed by atoms with E-state index in [4.69, 9.17) is 11.6 Å². The molecule has 26 heavy (non-hydrogen) atoms. The summed E-state index contributed by atoms with van der Waals surface area (Å²) in [5.74, 6) is -0.207. The molecule has 142 valence electrons. The minimum absolute atomic E-state index is 0.120. The summed E-state index contributed by atoms with van der Waals surface area (Å²) in [6.45, 7) is 6.45. The smallest absolute Gasteiger partial charge is 0.254 e. The van der Waals surface area contributed by atoms with Gasteiger partial charge in [-0.3, -0.25) is 4.79 Å². The number of halogens is 1. The molecule has 1 aromatic heterocycles. The fraction of sp³-hybridized carbons (Fsp3) is 0.389. The average Bonchev–Trinajstić information content (AvgIpc) is 3.03. The van der Waals surface area contributed by atoms with Gasteiger partial charge < -0.3 is 4.90 Å². The Morgan fingerprint density at radius 2 is 1.92 bits per heavy atom. The summed E-state index contributed by atoms with van der Waals surface area (Å²) in [5, 5.41) is 0. The van der Waals surface area contributed by atoms with Crippen LogP contribution in [0.5, 0.6) is 0 Å². The van der Waals surface area contributed by atoms with E-state index in [9.17, 15) is 13.2 Å². The molecule has 0 unspecified atom stereocenters. The van der Waals surface area contributed by atoms with E-state index in [2.05, 4.69) is 0 Å². The molecule has 0 N–H and O–H groups in total. The molecular formula is C18H23ClN2O3S2. The van der Waals surface area contributed by atoms with Gasteiger partial charge in [-0.1, -0.05) is 17.7 Å². The number of hydrogen-bond acceptors (Lipinski definition) is 4. The van der Waals surface area contributed by atoms with Gasteiger partial charge in [0.25, 0.3) is 5.91 Å². The molecule has 2 aromatic rings. The van der Waals surface area contributed by atoms with Crippen molar-refractivity contribution >= 4 is 38.9 Å². The molecule has 1 amide bonds. The Hall–Kier alpha value is -1.41. The average molecular weight is 415 g/mol. The van der Waals surface area contributed by atoms with Gasteiger partial charge in [-0.15, -0.1) is 11.3 Å². The maximum Gasteiger partial charge on any atom is 0.254 e. The standard InChI is InChI=1S/C18H23ClN2O3S2/c1-5-21(12-15-9-10-17(19)25-15)18(22)14-7-6-8-16(11-14)26(23,24)20(4)13(2)3/h6-11,13H,5,12H2,1-4H3. The Balaban J connectivity index is 2.29. The van der Waals surface area contributed by atoms with Crippen LogP contribution in [0.2, 0.25) is 4.34 Å². The number of thiophene rings is 1.